The lowest BCUT2D eigenvalue weighted by atomic mass is 10.2. The standard InChI is InChI=1S/C17H13ClN4O/c1-2-11-7-8-21-15(9-11)19-10-14-16(21)20-17(23)22(14)13-5-3-12(18)4-6-13/h3-10H,2H2,1H3. The van der Waals surface area contributed by atoms with Crippen LogP contribution in [0.25, 0.3) is 22.9 Å². The van der Waals surface area contributed by atoms with Gasteiger partial charge in [-0.3, -0.25) is 8.97 Å². The molecular weight excluding hydrogens is 312 g/mol. The van der Waals surface area contributed by atoms with Crippen LogP contribution in [-0.2, 0) is 6.42 Å². The first-order chi connectivity index (χ1) is 11.2. The third kappa shape index (κ3) is 2.21. The third-order valence-electron chi connectivity index (χ3n) is 3.90. The van der Waals surface area contributed by atoms with Crippen LogP contribution < -0.4 is 5.69 Å². The summed E-state index contributed by atoms with van der Waals surface area (Å²) in [6.45, 7) is 2.09. The lowest BCUT2D eigenvalue weighted by Gasteiger charge is -2.10. The van der Waals surface area contributed by atoms with Crippen molar-refractivity contribution in [2.75, 3.05) is 0 Å². The zero-order valence-electron chi connectivity index (χ0n) is 12.4. The van der Waals surface area contributed by atoms with Gasteiger partial charge in [0.2, 0.25) is 0 Å². The minimum atomic E-state index is -0.330. The number of pyridine rings is 1. The topological polar surface area (TPSA) is 52.2 Å². The quantitative estimate of drug-likeness (QED) is 0.569. The van der Waals surface area contributed by atoms with Gasteiger partial charge in [-0.25, -0.2) is 9.78 Å². The summed E-state index contributed by atoms with van der Waals surface area (Å²) in [6, 6.07) is 11.1. The summed E-state index contributed by atoms with van der Waals surface area (Å²) < 4.78 is 3.38. The van der Waals surface area contributed by atoms with Crippen molar-refractivity contribution in [3.63, 3.8) is 0 Å². The minimum absolute atomic E-state index is 0.330. The molecule has 0 saturated carbocycles. The fourth-order valence-corrected chi connectivity index (χ4v) is 2.82. The smallest absolute Gasteiger partial charge is 0.284 e. The summed E-state index contributed by atoms with van der Waals surface area (Å²) in [5.74, 6) is 0.595. The molecule has 0 unspecified atom stereocenters. The van der Waals surface area contributed by atoms with Crippen LogP contribution in [0.2, 0.25) is 5.02 Å². The van der Waals surface area contributed by atoms with E-state index in [1.54, 1.807) is 35.0 Å². The molecule has 0 saturated heterocycles. The van der Waals surface area contributed by atoms with Gasteiger partial charge in [-0.1, -0.05) is 18.5 Å². The van der Waals surface area contributed by atoms with E-state index in [1.807, 2.05) is 22.7 Å². The Balaban J connectivity index is 1.99. The van der Waals surface area contributed by atoms with Crippen LogP contribution in [-0.4, -0.2) is 18.9 Å². The molecule has 6 heteroatoms. The van der Waals surface area contributed by atoms with Gasteiger partial charge in [-0.15, -0.1) is 0 Å². The zero-order chi connectivity index (χ0) is 16.0. The van der Waals surface area contributed by atoms with Crippen molar-refractivity contribution in [2.24, 2.45) is 0 Å². The first kappa shape index (κ1) is 14.0. The molecule has 0 N–H and O–H groups in total. The predicted molar refractivity (Wildman–Crippen MR) is 89.6 cm³/mol. The number of hydrogen-bond donors (Lipinski definition) is 0. The van der Waals surface area contributed by atoms with Crippen molar-refractivity contribution in [3.05, 3.63) is 69.9 Å². The van der Waals surface area contributed by atoms with Crippen molar-refractivity contribution >= 4 is 17.2 Å². The molecule has 2 aliphatic rings. The first-order valence-electron chi connectivity index (χ1n) is 7.32. The van der Waals surface area contributed by atoms with Gasteiger partial charge >= 0.3 is 5.69 Å². The van der Waals surface area contributed by atoms with E-state index in [2.05, 4.69) is 16.9 Å². The monoisotopic (exact) mass is 324 g/mol. The molecule has 0 bridgehead atoms. The minimum Gasteiger partial charge on any atom is -0.284 e. The molecular formula is C17H13ClN4O. The van der Waals surface area contributed by atoms with Crippen LogP contribution in [0.1, 0.15) is 12.5 Å². The van der Waals surface area contributed by atoms with E-state index in [0.717, 1.165) is 12.1 Å². The lowest BCUT2D eigenvalue weighted by Crippen LogP contribution is -2.14. The largest absolute Gasteiger partial charge is 0.354 e. The molecule has 1 aromatic heterocycles. The average Bonchev–Trinajstić information content (AvgIpc) is 2.91. The van der Waals surface area contributed by atoms with Gasteiger partial charge < -0.3 is 0 Å². The number of imidazole rings is 1. The highest BCUT2D eigenvalue weighted by atomic mass is 35.5. The number of aryl methyl sites for hydroxylation is 1. The summed E-state index contributed by atoms with van der Waals surface area (Å²) in [4.78, 5) is 21.0. The van der Waals surface area contributed by atoms with E-state index in [0.29, 0.717) is 22.2 Å². The maximum absolute atomic E-state index is 12.4. The number of aromatic nitrogens is 4. The van der Waals surface area contributed by atoms with Crippen LogP contribution in [0.15, 0.2) is 53.6 Å². The summed E-state index contributed by atoms with van der Waals surface area (Å²) in [5, 5.41) is 0.621. The van der Waals surface area contributed by atoms with Crippen molar-refractivity contribution in [3.8, 4) is 17.2 Å². The van der Waals surface area contributed by atoms with E-state index >= 15 is 0 Å². The molecule has 0 spiro atoms. The number of hydrogen-bond acceptors (Lipinski definition) is 3. The van der Waals surface area contributed by atoms with E-state index < -0.39 is 0 Å². The molecule has 114 valence electrons. The Hall–Kier alpha value is -2.66. The second kappa shape index (κ2) is 5.21. The predicted octanol–water partition coefficient (Wildman–Crippen LogP) is 3.20. The number of halogens is 1. The van der Waals surface area contributed by atoms with Crippen LogP contribution in [0, 0.1) is 0 Å². The normalized spacial score (nSPS) is 11.4. The Bertz CT molecular complexity index is 1030. The summed E-state index contributed by atoms with van der Waals surface area (Å²) in [6.07, 6.45) is 4.53. The van der Waals surface area contributed by atoms with E-state index in [4.69, 9.17) is 11.6 Å². The fraction of sp³-hybridized carbons (Fsp3) is 0.118. The SMILES string of the molecule is CCc1ccn2c3nc(=O)n(-c4ccc(Cl)cc4)c-3cnc2c1. The Morgan fingerprint density at radius 3 is 2.70 bits per heavy atom. The molecule has 1 aromatic carbocycles. The molecule has 0 radical (unpaired) electrons. The molecule has 23 heavy (non-hydrogen) atoms. The highest BCUT2D eigenvalue weighted by molar-refractivity contribution is 6.30. The van der Waals surface area contributed by atoms with Gasteiger partial charge in [-0.2, -0.15) is 4.98 Å². The van der Waals surface area contributed by atoms with E-state index in [9.17, 15) is 4.79 Å². The second-order valence-electron chi connectivity index (χ2n) is 5.29. The van der Waals surface area contributed by atoms with Gasteiger partial charge in [0, 0.05) is 11.2 Å². The number of fused-ring (bicyclic) bond motifs is 3. The van der Waals surface area contributed by atoms with Crippen LogP contribution in [0.4, 0.5) is 0 Å². The molecule has 5 nitrogen and oxygen atoms in total. The zero-order valence-corrected chi connectivity index (χ0v) is 13.2. The highest BCUT2D eigenvalue weighted by Crippen LogP contribution is 2.23. The van der Waals surface area contributed by atoms with Gasteiger partial charge in [0.05, 0.1) is 11.9 Å². The van der Waals surface area contributed by atoms with Crippen LogP contribution in [0.3, 0.4) is 0 Å². The molecule has 0 amide bonds. The molecule has 2 aliphatic heterocycles. The average molecular weight is 325 g/mol. The van der Waals surface area contributed by atoms with Gasteiger partial charge in [0.25, 0.3) is 0 Å². The Morgan fingerprint density at radius 1 is 1.17 bits per heavy atom. The number of benzene rings is 1. The molecule has 3 heterocycles. The van der Waals surface area contributed by atoms with Crippen LogP contribution in [0.5, 0.6) is 0 Å². The molecule has 4 rings (SSSR count). The highest BCUT2D eigenvalue weighted by Gasteiger charge is 2.19. The summed E-state index contributed by atoms with van der Waals surface area (Å²) in [7, 11) is 0. The molecule has 0 atom stereocenters. The Kier molecular flexibility index (Phi) is 3.16. The maximum atomic E-state index is 12.4. The van der Waals surface area contributed by atoms with Crippen molar-refractivity contribution < 1.29 is 0 Å². The second-order valence-corrected chi connectivity index (χ2v) is 5.73. The van der Waals surface area contributed by atoms with Crippen molar-refractivity contribution in [1.82, 2.24) is 18.9 Å². The van der Waals surface area contributed by atoms with Gasteiger partial charge in [0.1, 0.15) is 11.3 Å². The van der Waals surface area contributed by atoms with Crippen molar-refractivity contribution in [1.29, 1.82) is 0 Å². The molecule has 0 aliphatic carbocycles. The molecule has 2 aromatic rings. The van der Waals surface area contributed by atoms with Gasteiger partial charge in [0.15, 0.2) is 5.82 Å². The van der Waals surface area contributed by atoms with Gasteiger partial charge in [-0.05, 0) is 48.4 Å². The maximum Gasteiger partial charge on any atom is 0.354 e. The fourth-order valence-electron chi connectivity index (χ4n) is 2.69. The van der Waals surface area contributed by atoms with E-state index in [1.165, 1.54) is 5.56 Å². The summed E-state index contributed by atoms with van der Waals surface area (Å²) >= 11 is 5.92. The number of nitrogens with zero attached hydrogens (tertiary/aromatic N) is 4. The Morgan fingerprint density at radius 2 is 1.96 bits per heavy atom. The lowest BCUT2D eigenvalue weighted by molar-refractivity contribution is 0.994. The number of rotatable bonds is 2. The van der Waals surface area contributed by atoms with E-state index in [-0.39, 0.29) is 5.69 Å². The third-order valence-corrected chi connectivity index (χ3v) is 4.15. The Labute approximate surface area is 137 Å². The first-order valence-corrected chi connectivity index (χ1v) is 7.70. The summed E-state index contributed by atoms with van der Waals surface area (Å²) in [5.41, 5.74) is 3.02. The van der Waals surface area contributed by atoms with Crippen LogP contribution >= 0.6 is 11.6 Å². The molecule has 0 fully saturated rings. The van der Waals surface area contributed by atoms with Crippen molar-refractivity contribution in [2.45, 2.75) is 13.3 Å².